The number of aromatic nitrogens is 1. The second-order valence-corrected chi connectivity index (χ2v) is 7.02. The highest BCUT2D eigenvalue weighted by molar-refractivity contribution is 7.89. The van der Waals surface area contributed by atoms with Gasteiger partial charge in [-0.05, 0) is 32.5 Å². The van der Waals surface area contributed by atoms with Crippen molar-refractivity contribution in [1.82, 2.24) is 14.2 Å². The molecule has 0 aliphatic carbocycles. The molecule has 0 amide bonds. The summed E-state index contributed by atoms with van der Waals surface area (Å²) in [6.07, 6.45) is 3.57. The highest BCUT2D eigenvalue weighted by Gasteiger charge is 2.28. The number of anilines is 1. The van der Waals surface area contributed by atoms with Crippen LogP contribution in [0.15, 0.2) is 23.2 Å². The van der Waals surface area contributed by atoms with Crippen molar-refractivity contribution in [2.24, 2.45) is 0 Å². The zero-order valence-corrected chi connectivity index (χ0v) is 12.1. The zero-order chi connectivity index (χ0) is 14.0. The largest absolute Gasteiger partial charge is 0.384 e. The predicted octanol–water partition coefficient (Wildman–Crippen LogP) is 0.378. The van der Waals surface area contributed by atoms with E-state index in [1.54, 1.807) is 7.05 Å². The van der Waals surface area contributed by atoms with Crippen molar-refractivity contribution >= 4 is 15.8 Å². The van der Waals surface area contributed by atoms with Gasteiger partial charge in [0, 0.05) is 31.9 Å². The van der Waals surface area contributed by atoms with Gasteiger partial charge in [-0.3, -0.25) is 0 Å². The third kappa shape index (κ3) is 3.05. The van der Waals surface area contributed by atoms with Crippen molar-refractivity contribution in [3.05, 3.63) is 18.3 Å². The Morgan fingerprint density at radius 3 is 2.89 bits per heavy atom. The molecule has 0 radical (unpaired) electrons. The molecule has 0 bridgehead atoms. The first kappa shape index (κ1) is 14.2. The molecule has 1 aromatic heterocycles. The number of pyridine rings is 1. The minimum Gasteiger partial charge on any atom is -0.384 e. The third-order valence-electron chi connectivity index (χ3n) is 3.60. The van der Waals surface area contributed by atoms with E-state index in [2.05, 4.69) is 9.88 Å². The highest BCUT2D eigenvalue weighted by atomic mass is 32.2. The second-order valence-electron chi connectivity index (χ2n) is 4.98. The van der Waals surface area contributed by atoms with Crippen molar-refractivity contribution in [3.63, 3.8) is 0 Å². The van der Waals surface area contributed by atoms with E-state index in [1.165, 1.54) is 22.6 Å². The number of hydrogen-bond acceptors (Lipinski definition) is 5. The molecule has 1 aliphatic heterocycles. The fraction of sp³-hybridized carbons (Fsp3) is 0.583. The molecule has 1 atom stereocenters. The van der Waals surface area contributed by atoms with Gasteiger partial charge in [-0.2, -0.15) is 4.31 Å². The molecule has 0 saturated carbocycles. The maximum Gasteiger partial charge on any atom is 0.243 e. The summed E-state index contributed by atoms with van der Waals surface area (Å²) in [5.74, 6) is 0.215. The summed E-state index contributed by atoms with van der Waals surface area (Å²) >= 11 is 0. The molecule has 2 rings (SSSR count). The summed E-state index contributed by atoms with van der Waals surface area (Å²) in [7, 11) is 0.154. The standard InChI is InChI=1S/C12H20N4O2S/c1-15-7-3-4-10(15)9-16(2)19(17,18)11-5-6-14-12(13)8-11/h5-6,8,10H,3-4,7,9H2,1-2H3,(H2,13,14). The fourth-order valence-electron chi connectivity index (χ4n) is 2.37. The summed E-state index contributed by atoms with van der Waals surface area (Å²) in [5.41, 5.74) is 5.54. The molecule has 1 saturated heterocycles. The van der Waals surface area contributed by atoms with Crippen molar-refractivity contribution in [2.75, 3.05) is 32.9 Å². The number of rotatable bonds is 4. The number of likely N-dealkylation sites (tertiary alicyclic amines) is 1. The first-order chi connectivity index (χ1) is 8.91. The van der Waals surface area contributed by atoms with E-state index in [4.69, 9.17) is 5.73 Å². The number of hydrogen-bond donors (Lipinski definition) is 1. The highest BCUT2D eigenvalue weighted by Crippen LogP contribution is 2.20. The summed E-state index contributed by atoms with van der Waals surface area (Å²) in [5, 5.41) is 0. The Bertz CT molecular complexity index is 546. The average Bonchev–Trinajstić information content (AvgIpc) is 2.75. The van der Waals surface area contributed by atoms with E-state index in [0.717, 1.165) is 19.4 Å². The molecule has 0 aromatic carbocycles. The Morgan fingerprint density at radius 1 is 1.58 bits per heavy atom. The van der Waals surface area contributed by atoms with Gasteiger partial charge in [0.05, 0.1) is 4.90 Å². The lowest BCUT2D eigenvalue weighted by Gasteiger charge is -2.25. The molecular weight excluding hydrogens is 264 g/mol. The first-order valence-electron chi connectivity index (χ1n) is 6.29. The van der Waals surface area contributed by atoms with E-state index in [9.17, 15) is 8.42 Å². The van der Waals surface area contributed by atoms with Crippen LogP contribution in [0.4, 0.5) is 5.82 Å². The summed E-state index contributed by atoms with van der Waals surface area (Å²) in [4.78, 5) is 6.21. The number of sulfonamides is 1. The molecule has 0 spiro atoms. The smallest absolute Gasteiger partial charge is 0.243 e. The molecule has 2 N–H and O–H groups in total. The van der Waals surface area contributed by atoms with Crippen LogP contribution in [0.3, 0.4) is 0 Å². The van der Waals surface area contributed by atoms with Crippen LogP contribution < -0.4 is 5.73 Å². The molecular formula is C12H20N4O2S. The molecule has 2 heterocycles. The van der Waals surface area contributed by atoms with Gasteiger partial charge in [0.15, 0.2) is 0 Å². The molecule has 19 heavy (non-hydrogen) atoms. The molecule has 7 heteroatoms. The molecule has 106 valence electrons. The van der Waals surface area contributed by atoms with Gasteiger partial charge >= 0.3 is 0 Å². The van der Waals surface area contributed by atoms with Crippen molar-refractivity contribution in [3.8, 4) is 0 Å². The van der Waals surface area contributed by atoms with Gasteiger partial charge in [-0.1, -0.05) is 0 Å². The van der Waals surface area contributed by atoms with Crippen molar-refractivity contribution in [2.45, 2.75) is 23.8 Å². The van der Waals surface area contributed by atoms with Crippen molar-refractivity contribution < 1.29 is 8.42 Å². The van der Waals surface area contributed by atoms with Gasteiger partial charge < -0.3 is 10.6 Å². The van der Waals surface area contributed by atoms with E-state index in [0.29, 0.717) is 12.6 Å². The lowest BCUT2D eigenvalue weighted by molar-refractivity contribution is 0.271. The number of likely N-dealkylation sites (N-methyl/N-ethyl adjacent to an activating group) is 2. The Hall–Kier alpha value is -1.18. The zero-order valence-electron chi connectivity index (χ0n) is 11.3. The molecule has 6 nitrogen and oxygen atoms in total. The Morgan fingerprint density at radius 2 is 2.32 bits per heavy atom. The molecule has 1 unspecified atom stereocenters. The predicted molar refractivity (Wildman–Crippen MR) is 74.1 cm³/mol. The average molecular weight is 284 g/mol. The Kier molecular flexibility index (Phi) is 4.07. The topological polar surface area (TPSA) is 79.5 Å². The fourth-order valence-corrected chi connectivity index (χ4v) is 3.60. The Labute approximate surface area is 114 Å². The molecule has 1 aromatic rings. The maximum atomic E-state index is 12.4. The first-order valence-corrected chi connectivity index (χ1v) is 7.73. The van der Waals surface area contributed by atoms with E-state index < -0.39 is 10.0 Å². The third-order valence-corrected chi connectivity index (χ3v) is 5.42. The van der Waals surface area contributed by atoms with Gasteiger partial charge in [-0.25, -0.2) is 13.4 Å². The summed E-state index contributed by atoms with van der Waals surface area (Å²) in [6.45, 7) is 1.53. The SMILES string of the molecule is CN1CCCC1CN(C)S(=O)(=O)c1ccnc(N)c1. The summed E-state index contributed by atoms with van der Waals surface area (Å²) < 4.78 is 26.2. The van der Waals surface area contributed by atoms with Crippen LogP contribution in [0.1, 0.15) is 12.8 Å². The number of nitrogens with two attached hydrogens (primary N) is 1. The van der Waals surface area contributed by atoms with Crippen molar-refractivity contribution in [1.29, 1.82) is 0 Å². The van der Waals surface area contributed by atoms with Crippen LogP contribution in [0, 0.1) is 0 Å². The number of nitrogens with zero attached hydrogens (tertiary/aromatic N) is 3. The van der Waals surface area contributed by atoms with Crippen LogP contribution in [0.5, 0.6) is 0 Å². The van der Waals surface area contributed by atoms with Gasteiger partial charge in [0.25, 0.3) is 0 Å². The normalized spacial score (nSPS) is 21.1. The lowest BCUT2D eigenvalue weighted by Crippen LogP contribution is -2.39. The molecule has 1 aliphatic rings. The van der Waals surface area contributed by atoms with E-state index >= 15 is 0 Å². The lowest BCUT2D eigenvalue weighted by atomic mass is 10.2. The second kappa shape index (κ2) is 5.44. The van der Waals surface area contributed by atoms with Crippen LogP contribution in [0.25, 0.3) is 0 Å². The quantitative estimate of drug-likeness (QED) is 0.864. The van der Waals surface area contributed by atoms with Gasteiger partial charge in [-0.15, -0.1) is 0 Å². The minimum absolute atomic E-state index is 0.197. The summed E-state index contributed by atoms with van der Waals surface area (Å²) in [6, 6.07) is 3.16. The van der Waals surface area contributed by atoms with E-state index in [-0.39, 0.29) is 10.7 Å². The van der Waals surface area contributed by atoms with Crippen LogP contribution in [0.2, 0.25) is 0 Å². The molecule has 1 fully saturated rings. The minimum atomic E-state index is -3.49. The monoisotopic (exact) mass is 284 g/mol. The number of nitrogen functional groups attached to an aromatic ring is 1. The van der Waals surface area contributed by atoms with Crippen LogP contribution in [-0.4, -0.2) is 55.8 Å². The van der Waals surface area contributed by atoms with Gasteiger partial charge in [0.2, 0.25) is 10.0 Å². The Balaban J connectivity index is 2.15. The van der Waals surface area contributed by atoms with Crippen LogP contribution in [-0.2, 0) is 10.0 Å². The maximum absolute atomic E-state index is 12.4. The van der Waals surface area contributed by atoms with Crippen LogP contribution >= 0.6 is 0 Å². The van der Waals surface area contributed by atoms with Gasteiger partial charge in [0.1, 0.15) is 5.82 Å². The van der Waals surface area contributed by atoms with E-state index in [1.807, 2.05) is 7.05 Å².